The van der Waals surface area contributed by atoms with Gasteiger partial charge in [0.2, 0.25) is 5.91 Å². The minimum atomic E-state index is -0.950. The van der Waals surface area contributed by atoms with Crippen LogP contribution in [0.15, 0.2) is 42.7 Å². The molecule has 3 fully saturated rings. The van der Waals surface area contributed by atoms with Gasteiger partial charge in [0.25, 0.3) is 5.91 Å². The summed E-state index contributed by atoms with van der Waals surface area (Å²) in [6.07, 6.45) is 7.78. The van der Waals surface area contributed by atoms with Crippen LogP contribution in [0.4, 0.5) is 10.1 Å². The van der Waals surface area contributed by atoms with Crippen molar-refractivity contribution in [3.05, 3.63) is 65.5 Å². The molecule has 9 heteroatoms. The number of carbonyl (C=O) groups is 2. The van der Waals surface area contributed by atoms with Crippen molar-refractivity contribution in [3.8, 4) is 17.2 Å². The minimum Gasteiger partial charge on any atom is -0.347 e. The summed E-state index contributed by atoms with van der Waals surface area (Å²) in [5, 5.41) is 16.8. The summed E-state index contributed by atoms with van der Waals surface area (Å²) in [5.74, 6) is -0.550. The molecule has 6 rings (SSSR count). The van der Waals surface area contributed by atoms with Crippen LogP contribution in [-0.4, -0.2) is 33.1 Å². The highest BCUT2D eigenvalue weighted by Crippen LogP contribution is 2.52. The zero-order valence-corrected chi connectivity index (χ0v) is 20.6. The molecular formula is C28H27FN6O2. The number of nitrogens with one attached hydrogen (secondary N) is 1. The first-order chi connectivity index (χ1) is 17.9. The lowest BCUT2D eigenvalue weighted by molar-refractivity contribution is -0.123. The summed E-state index contributed by atoms with van der Waals surface area (Å²) < 4.78 is 16.0. The fourth-order valence-corrected chi connectivity index (χ4v) is 5.29. The monoisotopic (exact) mass is 498 g/mol. The van der Waals surface area contributed by atoms with Gasteiger partial charge < -0.3 is 10.2 Å². The Morgan fingerprint density at radius 2 is 2.00 bits per heavy atom. The number of pyridine rings is 1. The van der Waals surface area contributed by atoms with Crippen molar-refractivity contribution in [1.29, 1.82) is 5.26 Å². The van der Waals surface area contributed by atoms with E-state index in [1.54, 1.807) is 35.1 Å². The predicted octanol–water partition coefficient (Wildman–Crippen LogP) is 4.09. The molecule has 1 saturated heterocycles. The smallest absolute Gasteiger partial charge is 0.270 e. The second kappa shape index (κ2) is 8.80. The number of nitriles is 1. The van der Waals surface area contributed by atoms with Gasteiger partial charge in [-0.3, -0.25) is 14.3 Å². The molecule has 1 N–H and O–H groups in total. The lowest BCUT2D eigenvalue weighted by Gasteiger charge is -2.22. The van der Waals surface area contributed by atoms with Gasteiger partial charge in [-0.05, 0) is 79.5 Å². The first-order valence-corrected chi connectivity index (χ1v) is 12.7. The topological polar surface area (TPSA) is 104 Å². The van der Waals surface area contributed by atoms with Crippen LogP contribution < -0.4 is 10.2 Å². The number of nitrogens with zero attached hydrogens (tertiary/aromatic N) is 5. The Morgan fingerprint density at radius 1 is 1.19 bits per heavy atom. The van der Waals surface area contributed by atoms with Crippen LogP contribution in [0.1, 0.15) is 59.8 Å². The van der Waals surface area contributed by atoms with Gasteiger partial charge in [-0.25, -0.2) is 9.37 Å². The molecule has 3 aromatic rings. The van der Waals surface area contributed by atoms with E-state index in [9.17, 15) is 19.2 Å². The van der Waals surface area contributed by atoms with Crippen LogP contribution in [0.2, 0.25) is 0 Å². The molecule has 37 heavy (non-hydrogen) atoms. The van der Waals surface area contributed by atoms with Gasteiger partial charge in [-0.1, -0.05) is 0 Å². The van der Waals surface area contributed by atoms with Gasteiger partial charge in [0, 0.05) is 49.2 Å². The molecule has 3 aliphatic rings. The number of benzene rings is 1. The van der Waals surface area contributed by atoms with Crippen LogP contribution in [0, 0.1) is 28.5 Å². The van der Waals surface area contributed by atoms with Gasteiger partial charge in [-0.2, -0.15) is 10.4 Å². The SMILES string of the molecule is Cn1cc(-c2cc(F)cc(CNC(=O)c3cc(N4CC[C@@](C#N)(C5CC5)C4=O)cc(C4CC4)n3)c2)cn1. The van der Waals surface area contributed by atoms with E-state index in [1.807, 2.05) is 12.1 Å². The average molecular weight is 499 g/mol. The zero-order valence-electron chi connectivity index (χ0n) is 20.6. The van der Waals surface area contributed by atoms with Gasteiger partial charge in [0.05, 0.1) is 12.3 Å². The molecule has 2 amide bonds. The highest BCUT2D eigenvalue weighted by Gasteiger charge is 2.56. The van der Waals surface area contributed by atoms with E-state index in [2.05, 4.69) is 21.5 Å². The van der Waals surface area contributed by atoms with Crippen LogP contribution in [0.5, 0.6) is 0 Å². The highest BCUT2D eigenvalue weighted by atomic mass is 19.1. The third kappa shape index (κ3) is 4.37. The maximum Gasteiger partial charge on any atom is 0.270 e. The number of amides is 2. The number of hydrogen-bond acceptors (Lipinski definition) is 5. The lowest BCUT2D eigenvalue weighted by Crippen LogP contribution is -2.35. The number of hydrogen-bond donors (Lipinski definition) is 1. The first-order valence-electron chi connectivity index (χ1n) is 12.7. The standard InChI is InChI=1S/C28H27FN6O2/c1-34-15-20(14-32-34)19-8-17(9-22(29)10-19)13-31-26(36)25-12-23(11-24(33-25)18-2-3-18)35-7-6-28(16-30,27(35)37)21-4-5-21/h8-12,14-15,18,21H,2-7,13H2,1H3,(H,31,36)/t28-/m1/s1. The average Bonchev–Trinajstić information content (AvgIpc) is 3.83. The molecule has 0 unspecified atom stereocenters. The fraction of sp³-hybridized carbons (Fsp3) is 0.393. The molecule has 1 aliphatic heterocycles. The summed E-state index contributed by atoms with van der Waals surface area (Å²) in [4.78, 5) is 32.8. The quantitative estimate of drug-likeness (QED) is 0.529. The van der Waals surface area contributed by atoms with Crippen molar-refractivity contribution in [2.75, 3.05) is 11.4 Å². The Morgan fingerprint density at radius 3 is 2.68 bits per heavy atom. The summed E-state index contributed by atoms with van der Waals surface area (Å²) in [6, 6.07) is 10.5. The Hall–Kier alpha value is -4.06. The van der Waals surface area contributed by atoms with Crippen LogP contribution in [0.3, 0.4) is 0 Å². The van der Waals surface area contributed by atoms with E-state index in [1.165, 1.54) is 12.1 Å². The molecular weight excluding hydrogens is 471 g/mol. The molecule has 2 saturated carbocycles. The van der Waals surface area contributed by atoms with Crippen molar-refractivity contribution in [3.63, 3.8) is 0 Å². The van der Waals surface area contributed by atoms with Crippen molar-refractivity contribution >= 4 is 17.5 Å². The Labute approximate surface area is 214 Å². The van der Waals surface area contributed by atoms with Crippen LogP contribution in [0.25, 0.3) is 11.1 Å². The molecule has 0 radical (unpaired) electrons. The molecule has 1 aromatic carbocycles. The van der Waals surface area contributed by atoms with Gasteiger partial charge in [0.15, 0.2) is 0 Å². The van der Waals surface area contributed by atoms with Crippen LogP contribution >= 0.6 is 0 Å². The predicted molar refractivity (Wildman–Crippen MR) is 134 cm³/mol. The summed E-state index contributed by atoms with van der Waals surface area (Å²) in [7, 11) is 1.79. The Balaban J connectivity index is 1.23. The maximum atomic E-state index is 14.3. The van der Waals surface area contributed by atoms with E-state index in [0.717, 1.165) is 36.9 Å². The van der Waals surface area contributed by atoms with E-state index >= 15 is 0 Å². The maximum absolute atomic E-state index is 14.3. The van der Waals surface area contributed by atoms with Crippen LogP contribution in [-0.2, 0) is 18.4 Å². The largest absolute Gasteiger partial charge is 0.347 e. The third-order valence-electron chi connectivity index (χ3n) is 7.65. The summed E-state index contributed by atoms with van der Waals surface area (Å²) in [5.41, 5.74) is 2.76. The number of aryl methyl sites for hydroxylation is 1. The van der Waals surface area contributed by atoms with Crippen molar-refractivity contribution in [1.82, 2.24) is 20.1 Å². The molecule has 2 aromatic heterocycles. The third-order valence-corrected chi connectivity index (χ3v) is 7.65. The number of halogens is 1. The van der Waals surface area contributed by atoms with Crippen molar-refractivity contribution < 1.29 is 14.0 Å². The van der Waals surface area contributed by atoms with E-state index in [-0.39, 0.29) is 30.0 Å². The second-order valence-electron chi connectivity index (χ2n) is 10.4. The Kier molecular flexibility index (Phi) is 5.55. The molecule has 188 valence electrons. The van der Waals surface area contributed by atoms with Gasteiger partial charge in [0.1, 0.15) is 16.9 Å². The molecule has 8 nitrogen and oxygen atoms in total. The second-order valence-corrected chi connectivity index (χ2v) is 10.4. The molecule has 0 spiro atoms. The molecule has 2 aliphatic carbocycles. The molecule has 3 heterocycles. The van der Waals surface area contributed by atoms with E-state index in [0.29, 0.717) is 29.8 Å². The van der Waals surface area contributed by atoms with Crippen molar-refractivity contribution in [2.24, 2.45) is 18.4 Å². The number of rotatable bonds is 7. The van der Waals surface area contributed by atoms with Gasteiger partial charge >= 0.3 is 0 Å². The number of anilines is 1. The lowest BCUT2D eigenvalue weighted by atomic mass is 9.83. The highest BCUT2D eigenvalue weighted by molar-refractivity contribution is 6.03. The molecule has 0 bridgehead atoms. The van der Waals surface area contributed by atoms with E-state index in [4.69, 9.17) is 0 Å². The first kappa shape index (κ1) is 23.3. The number of carbonyl (C=O) groups excluding carboxylic acids is 2. The normalized spacial score (nSPS) is 21.2. The summed E-state index contributed by atoms with van der Waals surface area (Å²) >= 11 is 0. The fourth-order valence-electron chi connectivity index (χ4n) is 5.29. The summed E-state index contributed by atoms with van der Waals surface area (Å²) in [6.45, 7) is 0.578. The van der Waals surface area contributed by atoms with Gasteiger partial charge in [-0.15, -0.1) is 0 Å². The molecule has 1 atom stereocenters. The Bertz CT molecular complexity index is 1450. The number of aromatic nitrogens is 3. The minimum absolute atomic E-state index is 0.121. The van der Waals surface area contributed by atoms with E-state index < -0.39 is 17.1 Å². The van der Waals surface area contributed by atoms with Crippen molar-refractivity contribution in [2.45, 2.75) is 44.6 Å². The zero-order chi connectivity index (χ0) is 25.7.